The SMILES string of the molecule is CC(C)/C(N)=N/OCC(=O)N[C@H]1CCCC[C@H]1C. The second kappa shape index (κ2) is 7.24. The van der Waals surface area contributed by atoms with E-state index in [4.69, 9.17) is 10.6 Å². The van der Waals surface area contributed by atoms with Crippen LogP contribution < -0.4 is 11.1 Å². The Morgan fingerprint density at radius 1 is 1.44 bits per heavy atom. The van der Waals surface area contributed by atoms with E-state index in [1.807, 2.05) is 13.8 Å². The number of hydrogen-bond donors (Lipinski definition) is 2. The fraction of sp³-hybridized carbons (Fsp3) is 0.846. The van der Waals surface area contributed by atoms with Gasteiger partial charge in [-0.05, 0) is 18.8 Å². The molecule has 0 heterocycles. The van der Waals surface area contributed by atoms with Crippen molar-refractivity contribution in [1.82, 2.24) is 5.32 Å². The quantitative estimate of drug-likeness (QED) is 0.445. The van der Waals surface area contributed by atoms with Gasteiger partial charge in [0.2, 0.25) is 0 Å². The van der Waals surface area contributed by atoms with Crippen LogP contribution in [-0.2, 0) is 9.63 Å². The Kier molecular flexibility index (Phi) is 5.95. The van der Waals surface area contributed by atoms with E-state index in [0.717, 1.165) is 6.42 Å². The summed E-state index contributed by atoms with van der Waals surface area (Å²) in [6, 6.07) is 0.279. The summed E-state index contributed by atoms with van der Waals surface area (Å²) in [7, 11) is 0. The third kappa shape index (κ3) is 4.94. The van der Waals surface area contributed by atoms with Gasteiger partial charge in [-0.1, -0.05) is 38.8 Å². The molecule has 1 aliphatic carbocycles. The first kappa shape index (κ1) is 14.8. The van der Waals surface area contributed by atoms with Gasteiger partial charge in [-0.15, -0.1) is 0 Å². The lowest BCUT2D eigenvalue weighted by Crippen LogP contribution is -2.42. The van der Waals surface area contributed by atoms with Crippen molar-refractivity contribution < 1.29 is 9.63 Å². The van der Waals surface area contributed by atoms with E-state index < -0.39 is 0 Å². The third-order valence-electron chi connectivity index (χ3n) is 3.41. The maximum Gasteiger partial charge on any atom is 0.261 e. The van der Waals surface area contributed by atoms with Crippen molar-refractivity contribution in [3.63, 3.8) is 0 Å². The molecule has 0 radical (unpaired) electrons. The predicted octanol–water partition coefficient (Wildman–Crippen LogP) is 1.63. The summed E-state index contributed by atoms with van der Waals surface area (Å²) < 4.78 is 0. The second-order valence-electron chi connectivity index (χ2n) is 5.38. The van der Waals surface area contributed by atoms with Crippen LogP contribution in [0.4, 0.5) is 0 Å². The second-order valence-corrected chi connectivity index (χ2v) is 5.38. The molecule has 0 aromatic rings. The molecule has 1 saturated carbocycles. The van der Waals surface area contributed by atoms with E-state index in [0.29, 0.717) is 11.8 Å². The topological polar surface area (TPSA) is 76.7 Å². The first-order chi connectivity index (χ1) is 8.50. The lowest BCUT2D eigenvalue weighted by Gasteiger charge is -2.29. The van der Waals surface area contributed by atoms with Gasteiger partial charge < -0.3 is 15.9 Å². The molecule has 104 valence electrons. The van der Waals surface area contributed by atoms with Gasteiger partial charge in [0.15, 0.2) is 6.61 Å². The van der Waals surface area contributed by atoms with E-state index in [2.05, 4.69) is 17.4 Å². The number of carbonyl (C=O) groups excluding carboxylic acids is 1. The Morgan fingerprint density at radius 2 is 2.11 bits per heavy atom. The highest BCUT2D eigenvalue weighted by molar-refractivity contribution is 5.82. The molecule has 18 heavy (non-hydrogen) atoms. The van der Waals surface area contributed by atoms with Gasteiger partial charge in [0.05, 0.1) is 0 Å². The molecule has 0 saturated heterocycles. The number of rotatable bonds is 5. The largest absolute Gasteiger partial charge is 0.384 e. The molecule has 0 spiro atoms. The molecule has 1 fully saturated rings. The molecule has 0 unspecified atom stereocenters. The highest BCUT2D eigenvalue weighted by Crippen LogP contribution is 2.23. The van der Waals surface area contributed by atoms with Crippen LogP contribution in [0.5, 0.6) is 0 Å². The van der Waals surface area contributed by atoms with Gasteiger partial charge in [0.25, 0.3) is 5.91 Å². The molecule has 1 aliphatic rings. The van der Waals surface area contributed by atoms with Crippen LogP contribution in [-0.4, -0.2) is 24.4 Å². The minimum absolute atomic E-state index is 0.0589. The Balaban J connectivity index is 2.27. The summed E-state index contributed by atoms with van der Waals surface area (Å²) in [6.07, 6.45) is 4.70. The van der Waals surface area contributed by atoms with Gasteiger partial charge in [-0.25, -0.2) is 0 Å². The van der Waals surface area contributed by atoms with Crippen molar-refractivity contribution in [2.45, 2.75) is 52.5 Å². The van der Waals surface area contributed by atoms with Crippen LogP contribution in [0, 0.1) is 11.8 Å². The molecule has 1 rings (SSSR count). The minimum Gasteiger partial charge on any atom is -0.384 e. The molecule has 5 nitrogen and oxygen atoms in total. The molecule has 0 aromatic carbocycles. The molecule has 0 bridgehead atoms. The summed E-state index contributed by atoms with van der Waals surface area (Å²) >= 11 is 0. The average molecular weight is 255 g/mol. The average Bonchev–Trinajstić information content (AvgIpc) is 2.32. The Hall–Kier alpha value is -1.26. The normalized spacial score (nSPS) is 25.0. The summed E-state index contributed by atoms with van der Waals surface area (Å²) in [5.41, 5.74) is 5.60. The van der Waals surface area contributed by atoms with Gasteiger partial charge in [0, 0.05) is 12.0 Å². The zero-order chi connectivity index (χ0) is 13.5. The molecule has 3 N–H and O–H groups in total. The van der Waals surface area contributed by atoms with E-state index in [9.17, 15) is 4.79 Å². The maximum absolute atomic E-state index is 11.7. The lowest BCUT2D eigenvalue weighted by atomic mass is 9.86. The molecule has 1 amide bonds. The number of nitrogens with one attached hydrogen (secondary N) is 1. The van der Waals surface area contributed by atoms with E-state index in [-0.39, 0.29) is 24.5 Å². The lowest BCUT2D eigenvalue weighted by molar-refractivity contribution is -0.127. The maximum atomic E-state index is 11.7. The Bertz CT molecular complexity index is 303. The molecule has 5 heteroatoms. The fourth-order valence-corrected chi connectivity index (χ4v) is 2.05. The monoisotopic (exact) mass is 255 g/mol. The summed E-state index contributed by atoms with van der Waals surface area (Å²) in [4.78, 5) is 16.6. The van der Waals surface area contributed by atoms with Gasteiger partial charge in [0.1, 0.15) is 5.84 Å². The van der Waals surface area contributed by atoms with Crippen molar-refractivity contribution in [2.75, 3.05) is 6.61 Å². The summed E-state index contributed by atoms with van der Waals surface area (Å²) in [5, 5.41) is 6.71. The first-order valence-corrected chi connectivity index (χ1v) is 6.75. The van der Waals surface area contributed by atoms with Crippen LogP contribution in [0.15, 0.2) is 5.16 Å². The van der Waals surface area contributed by atoms with E-state index in [1.165, 1.54) is 19.3 Å². The van der Waals surface area contributed by atoms with Gasteiger partial charge in [-0.3, -0.25) is 4.79 Å². The number of carbonyl (C=O) groups is 1. The van der Waals surface area contributed by atoms with Crippen molar-refractivity contribution in [3.8, 4) is 0 Å². The Morgan fingerprint density at radius 3 is 2.72 bits per heavy atom. The van der Waals surface area contributed by atoms with Crippen LogP contribution >= 0.6 is 0 Å². The third-order valence-corrected chi connectivity index (χ3v) is 3.41. The number of nitrogens with two attached hydrogens (primary N) is 1. The summed E-state index contributed by atoms with van der Waals surface area (Å²) in [5.74, 6) is 0.973. The predicted molar refractivity (Wildman–Crippen MR) is 72.0 cm³/mol. The minimum atomic E-state index is -0.117. The smallest absolute Gasteiger partial charge is 0.261 e. The molecule has 0 aromatic heterocycles. The van der Waals surface area contributed by atoms with Crippen LogP contribution in [0.25, 0.3) is 0 Å². The number of nitrogens with zero attached hydrogens (tertiary/aromatic N) is 1. The number of hydrogen-bond acceptors (Lipinski definition) is 3. The molecule has 2 atom stereocenters. The zero-order valence-electron chi connectivity index (χ0n) is 11.6. The highest BCUT2D eigenvalue weighted by atomic mass is 16.6. The van der Waals surface area contributed by atoms with Gasteiger partial charge in [-0.2, -0.15) is 0 Å². The molecular formula is C13H25N3O2. The highest BCUT2D eigenvalue weighted by Gasteiger charge is 2.22. The number of amides is 1. The van der Waals surface area contributed by atoms with Crippen molar-refractivity contribution >= 4 is 11.7 Å². The fourth-order valence-electron chi connectivity index (χ4n) is 2.05. The number of amidine groups is 1. The van der Waals surface area contributed by atoms with Crippen LogP contribution in [0.3, 0.4) is 0 Å². The van der Waals surface area contributed by atoms with E-state index >= 15 is 0 Å². The zero-order valence-corrected chi connectivity index (χ0v) is 11.6. The van der Waals surface area contributed by atoms with Crippen molar-refractivity contribution in [1.29, 1.82) is 0 Å². The molecule has 0 aliphatic heterocycles. The van der Waals surface area contributed by atoms with E-state index in [1.54, 1.807) is 0 Å². The van der Waals surface area contributed by atoms with Crippen molar-refractivity contribution in [3.05, 3.63) is 0 Å². The molecular weight excluding hydrogens is 230 g/mol. The van der Waals surface area contributed by atoms with Crippen LogP contribution in [0.2, 0.25) is 0 Å². The standard InChI is InChI=1S/C13H25N3O2/c1-9(2)13(14)16-18-8-12(17)15-11-7-5-4-6-10(11)3/h9-11H,4-8H2,1-3H3,(H2,14,16)(H,15,17)/t10-,11+/m1/s1. The van der Waals surface area contributed by atoms with Crippen LogP contribution in [0.1, 0.15) is 46.5 Å². The number of oxime groups is 1. The Labute approximate surface area is 109 Å². The first-order valence-electron chi connectivity index (χ1n) is 6.75. The van der Waals surface area contributed by atoms with Crippen molar-refractivity contribution in [2.24, 2.45) is 22.7 Å². The summed E-state index contributed by atoms with van der Waals surface area (Å²) in [6.45, 7) is 5.97. The van der Waals surface area contributed by atoms with Gasteiger partial charge >= 0.3 is 0 Å².